The highest BCUT2D eigenvalue weighted by Gasteiger charge is 2.54. The van der Waals surface area contributed by atoms with Crippen LogP contribution in [0.5, 0.6) is 0 Å². The molecule has 4 rings (SSSR count). The molecule has 2 atom stereocenters. The molecule has 2 heterocycles. The molecule has 25 heavy (non-hydrogen) atoms. The summed E-state index contributed by atoms with van der Waals surface area (Å²) in [5.74, 6) is -0.664. The number of hydrogen-bond donors (Lipinski definition) is 0. The molecule has 2 amide bonds. The van der Waals surface area contributed by atoms with Crippen LogP contribution in [-0.4, -0.2) is 38.0 Å². The lowest BCUT2D eigenvalue weighted by Gasteiger charge is -2.23. The van der Waals surface area contributed by atoms with Gasteiger partial charge in [-0.05, 0) is 36.4 Å². The maximum Gasteiger partial charge on any atom is 0.329 e. The first-order valence-electron chi connectivity index (χ1n) is 7.70. The second-order valence-corrected chi connectivity index (χ2v) is 8.72. The molecular weight excluding hydrogens is 367 g/mol. The Bertz CT molecular complexity index is 949. The summed E-state index contributed by atoms with van der Waals surface area (Å²) < 4.78 is 37.6. The lowest BCUT2D eigenvalue weighted by atomic mass is 10.1. The number of nitrogens with zero attached hydrogens (tertiary/aromatic N) is 2. The van der Waals surface area contributed by atoms with E-state index < -0.39 is 27.7 Å². The second kappa shape index (κ2) is 5.71. The van der Waals surface area contributed by atoms with E-state index in [9.17, 15) is 17.6 Å². The van der Waals surface area contributed by atoms with Crippen LogP contribution < -0.4 is 9.80 Å². The maximum atomic E-state index is 13.2. The van der Waals surface area contributed by atoms with Gasteiger partial charge in [0, 0.05) is 5.69 Å². The van der Waals surface area contributed by atoms with Gasteiger partial charge in [-0.3, -0.25) is 9.80 Å². The van der Waals surface area contributed by atoms with E-state index in [0.29, 0.717) is 16.4 Å². The summed E-state index contributed by atoms with van der Waals surface area (Å²) in [7, 11) is -3.28. The lowest BCUT2D eigenvalue weighted by molar-refractivity contribution is 0.255. The van der Waals surface area contributed by atoms with E-state index in [1.807, 2.05) is 0 Å². The minimum Gasteiger partial charge on any atom is -0.288 e. The molecule has 0 N–H and O–H groups in total. The Kier molecular flexibility index (Phi) is 3.73. The van der Waals surface area contributed by atoms with Crippen LogP contribution in [0.25, 0.3) is 0 Å². The average Bonchev–Trinajstić information content (AvgIpc) is 2.99. The molecule has 2 saturated heterocycles. The molecule has 0 saturated carbocycles. The van der Waals surface area contributed by atoms with E-state index in [0.717, 1.165) is 0 Å². The third-order valence-electron chi connectivity index (χ3n) is 4.59. The summed E-state index contributed by atoms with van der Waals surface area (Å²) >= 11 is 6.23. The second-order valence-electron chi connectivity index (χ2n) is 6.16. The molecule has 8 heteroatoms. The SMILES string of the molecule is O=C1N(c2ccc(F)cc2)C2CS(=O)(=O)CC2N1c1ccccc1Cl. The summed E-state index contributed by atoms with van der Waals surface area (Å²) in [5, 5.41) is 0.375. The minimum absolute atomic E-state index is 0.119. The number of sulfone groups is 1. The zero-order valence-corrected chi connectivity index (χ0v) is 14.5. The zero-order chi connectivity index (χ0) is 17.8. The van der Waals surface area contributed by atoms with Crippen LogP contribution in [0.1, 0.15) is 0 Å². The normalized spacial score (nSPS) is 24.6. The Balaban J connectivity index is 1.83. The largest absolute Gasteiger partial charge is 0.329 e. The van der Waals surface area contributed by atoms with Crippen molar-refractivity contribution in [1.29, 1.82) is 0 Å². The molecule has 0 bridgehead atoms. The lowest BCUT2D eigenvalue weighted by Crippen LogP contribution is -2.38. The predicted molar refractivity (Wildman–Crippen MR) is 94.4 cm³/mol. The van der Waals surface area contributed by atoms with E-state index in [1.54, 1.807) is 24.3 Å². The van der Waals surface area contributed by atoms with Gasteiger partial charge in [-0.2, -0.15) is 0 Å². The van der Waals surface area contributed by atoms with Crippen LogP contribution in [0.15, 0.2) is 48.5 Å². The third-order valence-corrected chi connectivity index (χ3v) is 6.60. The zero-order valence-electron chi connectivity index (χ0n) is 13.0. The van der Waals surface area contributed by atoms with Crippen molar-refractivity contribution >= 4 is 38.8 Å². The Labute approximate surface area is 149 Å². The van der Waals surface area contributed by atoms with Crippen molar-refractivity contribution in [3.63, 3.8) is 0 Å². The van der Waals surface area contributed by atoms with E-state index in [-0.39, 0.29) is 17.5 Å². The highest BCUT2D eigenvalue weighted by molar-refractivity contribution is 7.91. The predicted octanol–water partition coefficient (Wildman–Crippen LogP) is 3.09. The number of hydrogen-bond acceptors (Lipinski definition) is 3. The van der Waals surface area contributed by atoms with Crippen LogP contribution in [0.3, 0.4) is 0 Å². The van der Waals surface area contributed by atoms with Crippen molar-refractivity contribution in [2.45, 2.75) is 12.1 Å². The van der Waals surface area contributed by atoms with Crippen LogP contribution in [0.2, 0.25) is 5.02 Å². The smallest absolute Gasteiger partial charge is 0.288 e. The van der Waals surface area contributed by atoms with Crippen LogP contribution in [-0.2, 0) is 9.84 Å². The number of benzene rings is 2. The molecule has 2 fully saturated rings. The molecular formula is C17H14ClFN2O3S. The topological polar surface area (TPSA) is 57.7 Å². The van der Waals surface area contributed by atoms with Crippen molar-refractivity contribution in [2.24, 2.45) is 0 Å². The summed E-state index contributed by atoms with van der Waals surface area (Å²) in [5.41, 5.74) is 0.943. The molecule has 0 spiro atoms. The molecule has 2 aliphatic rings. The fourth-order valence-electron chi connectivity index (χ4n) is 3.54. The van der Waals surface area contributed by atoms with E-state index >= 15 is 0 Å². The molecule has 2 unspecified atom stereocenters. The molecule has 2 aliphatic heterocycles. The van der Waals surface area contributed by atoms with Gasteiger partial charge in [0.1, 0.15) is 5.82 Å². The highest BCUT2D eigenvalue weighted by Crippen LogP contribution is 2.40. The fourth-order valence-corrected chi connectivity index (χ4v) is 5.68. The van der Waals surface area contributed by atoms with Crippen molar-refractivity contribution in [3.05, 3.63) is 59.4 Å². The number of anilines is 2. The number of amides is 2. The van der Waals surface area contributed by atoms with E-state index in [4.69, 9.17) is 11.6 Å². The highest BCUT2D eigenvalue weighted by atomic mass is 35.5. The molecule has 130 valence electrons. The first-order valence-corrected chi connectivity index (χ1v) is 9.90. The van der Waals surface area contributed by atoms with Crippen molar-refractivity contribution in [1.82, 2.24) is 0 Å². The third kappa shape index (κ3) is 2.67. The Hall–Kier alpha value is -2.12. The van der Waals surface area contributed by atoms with Crippen molar-refractivity contribution in [3.8, 4) is 0 Å². The van der Waals surface area contributed by atoms with Gasteiger partial charge in [0.05, 0.1) is 34.3 Å². The van der Waals surface area contributed by atoms with E-state index in [2.05, 4.69) is 0 Å². The molecule has 0 aromatic heterocycles. The Morgan fingerprint density at radius 2 is 1.56 bits per heavy atom. The van der Waals surface area contributed by atoms with Gasteiger partial charge in [-0.25, -0.2) is 17.6 Å². The number of urea groups is 1. The van der Waals surface area contributed by atoms with Crippen LogP contribution >= 0.6 is 11.6 Å². The molecule has 2 aromatic rings. The summed E-state index contributed by atoms with van der Waals surface area (Å²) in [6.07, 6.45) is 0. The monoisotopic (exact) mass is 380 g/mol. The van der Waals surface area contributed by atoms with Crippen LogP contribution in [0.4, 0.5) is 20.6 Å². The van der Waals surface area contributed by atoms with Gasteiger partial charge in [-0.15, -0.1) is 0 Å². The average molecular weight is 381 g/mol. The fraction of sp³-hybridized carbons (Fsp3) is 0.235. The molecule has 2 aromatic carbocycles. The number of halogens is 2. The number of para-hydroxylation sites is 1. The number of fused-ring (bicyclic) bond motifs is 1. The number of rotatable bonds is 2. The summed E-state index contributed by atoms with van der Waals surface area (Å²) in [6, 6.07) is 10.9. The van der Waals surface area contributed by atoms with Crippen LogP contribution in [0, 0.1) is 5.82 Å². The first-order chi connectivity index (χ1) is 11.9. The Morgan fingerprint density at radius 3 is 2.20 bits per heavy atom. The van der Waals surface area contributed by atoms with Gasteiger partial charge in [-0.1, -0.05) is 23.7 Å². The van der Waals surface area contributed by atoms with Gasteiger partial charge in [0.2, 0.25) is 0 Å². The summed E-state index contributed by atoms with van der Waals surface area (Å²) in [4.78, 5) is 15.9. The van der Waals surface area contributed by atoms with Gasteiger partial charge >= 0.3 is 6.03 Å². The number of carbonyl (C=O) groups is 1. The number of carbonyl (C=O) groups excluding carboxylic acids is 1. The van der Waals surface area contributed by atoms with Gasteiger partial charge in [0.25, 0.3) is 0 Å². The molecule has 0 aliphatic carbocycles. The molecule has 5 nitrogen and oxygen atoms in total. The quantitative estimate of drug-likeness (QED) is 0.752. The Morgan fingerprint density at radius 1 is 0.960 bits per heavy atom. The van der Waals surface area contributed by atoms with Crippen molar-refractivity contribution in [2.75, 3.05) is 21.3 Å². The van der Waals surface area contributed by atoms with Gasteiger partial charge < -0.3 is 0 Å². The molecule has 0 radical (unpaired) electrons. The minimum atomic E-state index is -3.28. The summed E-state index contributed by atoms with van der Waals surface area (Å²) in [6.45, 7) is 0. The van der Waals surface area contributed by atoms with E-state index in [1.165, 1.54) is 34.1 Å². The first kappa shape index (κ1) is 16.4. The maximum absolute atomic E-state index is 13.2. The van der Waals surface area contributed by atoms with Gasteiger partial charge in [0.15, 0.2) is 9.84 Å². The standard InChI is InChI=1S/C17H14ClFN2O3S/c18-13-3-1-2-4-14(13)21-16-10-25(23,24)9-15(16)20(17(21)22)12-7-5-11(19)6-8-12/h1-8,15-16H,9-10H2. The van der Waals surface area contributed by atoms with Crippen molar-refractivity contribution < 1.29 is 17.6 Å².